The van der Waals surface area contributed by atoms with Crippen LogP contribution in [0.5, 0.6) is 5.75 Å². The van der Waals surface area contributed by atoms with Gasteiger partial charge in [-0.15, -0.1) is 0 Å². The zero-order valence-electron chi connectivity index (χ0n) is 11.4. The van der Waals surface area contributed by atoms with E-state index in [2.05, 4.69) is 4.72 Å². The van der Waals surface area contributed by atoms with E-state index in [9.17, 15) is 8.42 Å². The quantitative estimate of drug-likeness (QED) is 0.842. The maximum atomic E-state index is 12.3. The van der Waals surface area contributed by atoms with E-state index in [-0.39, 0.29) is 11.4 Å². The first-order chi connectivity index (χ1) is 10.0. The molecule has 1 aliphatic rings. The summed E-state index contributed by atoms with van der Waals surface area (Å²) in [5.74, 6) is 0.771. The molecule has 0 unspecified atom stereocenters. The molecule has 1 heterocycles. The Bertz CT molecular complexity index is 755. The summed E-state index contributed by atoms with van der Waals surface area (Å²) in [7, 11) is -3.53. The minimum atomic E-state index is -3.53. The smallest absolute Gasteiger partial charge is 0.240 e. The van der Waals surface area contributed by atoms with Gasteiger partial charge in [-0.05, 0) is 41.5 Å². The highest BCUT2D eigenvalue weighted by Crippen LogP contribution is 2.27. The van der Waals surface area contributed by atoms with Gasteiger partial charge in [0.2, 0.25) is 10.0 Å². The molecular formula is C15H16N2O3S. The van der Waals surface area contributed by atoms with Crippen LogP contribution in [0, 0.1) is 0 Å². The fourth-order valence-electron chi connectivity index (χ4n) is 2.23. The number of benzene rings is 2. The molecule has 0 aliphatic carbocycles. The van der Waals surface area contributed by atoms with E-state index in [1.165, 1.54) is 0 Å². The predicted molar refractivity (Wildman–Crippen MR) is 80.5 cm³/mol. The van der Waals surface area contributed by atoms with Crippen LogP contribution in [0.1, 0.15) is 11.1 Å². The molecule has 0 amide bonds. The van der Waals surface area contributed by atoms with Crippen LogP contribution in [0.25, 0.3) is 0 Å². The van der Waals surface area contributed by atoms with Crippen LogP contribution in [0.2, 0.25) is 0 Å². The highest BCUT2D eigenvalue weighted by atomic mass is 32.2. The molecule has 0 saturated heterocycles. The zero-order chi connectivity index (χ0) is 14.9. The van der Waals surface area contributed by atoms with Crippen molar-refractivity contribution < 1.29 is 13.2 Å². The van der Waals surface area contributed by atoms with Crippen LogP contribution < -0.4 is 15.2 Å². The Morgan fingerprint density at radius 3 is 2.67 bits per heavy atom. The molecule has 0 radical (unpaired) electrons. The molecule has 0 saturated carbocycles. The SMILES string of the molecule is Nc1ccc(CNS(=O)(=O)c2ccc3c(c2)CCO3)cc1. The molecule has 0 atom stereocenters. The third kappa shape index (κ3) is 3.01. The summed E-state index contributed by atoms with van der Waals surface area (Å²) < 4.78 is 32.6. The predicted octanol–water partition coefficient (Wildman–Crippen LogP) is 1.68. The Morgan fingerprint density at radius 2 is 1.90 bits per heavy atom. The Morgan fingerprint density at radius 1 is 1.14 bits per heavy atom. The fraction of sp³-hybridized carbons (Fsp3) is 0.200. The van der Waals surface area contributed by atoms with Crippen LogP contribution in [0.4, 0.5) is 5.69 Å². The number of fused-ring (bicyclic) bond motifs is 1. The lowest BCUT2D eigenvalue weighted by Gasteiger charge is -2.08. The largest absolute Gasteiger partial charge is 0.493 e. The molecule has 110 valence electrons. The van der Waals surface area contributed by atoms with E-state index in [0.717, 1.165) is 23.3 Å². The number of ether oxygens (including phenoxy) is 1. The van der Waals surface area contributed by atoms with Crippen molar-refractivity contribution in [2.24, 2.45) is 0 Å². The third-order valence-electron chi connectivity index (χ3n) is 3.42. The monoisotopic (exact) mass is 304 g/mol. The van der Waals surface area contributed by atoms with E-state index in [1.807, 2.05) is 0 Å². The van der Waals surface area contributed by atoms with Crippen LogP contribution in [-0.2, 0) is 23.0 Å². The molecule has 0 aromatic heterocycles. The molecule has 0 spiro atoms. The van der Waals surface area contributed by atoms with E-state index in [1.54, 1.807) is 42.5 Å². The van der Waals surface area contributed by atoms with Crippen molar-refractivity contribution in [2.45, 2.75) is 17.9 Å². The number of nitrogens with one attached hydrogen (secondary N) is 1. The van der Waals surface area contributed by atoms with Crippen molar-refractivity contribution in [3.05, 3.63) is 53.6 Å². The molecule has 2 aromatic carbocycles. The number of hydrogen-bond acceptors (Lipinski definition) is 4. The van der Waals surface area contributed by atoms with Gasteiger partial charge in [-0.2, -0.15) is 0 Å². The summed E-state index contributed by atoms with van der Waals surface area (Å²) in [4.78, 5) is 0.266. The van der Waals surface area contributed by atoms with Gasteiger partial charge >= 0.3 is 0 Å². The molecule has 21 heavy (non-hydrogen) atoms. The summed E-state index contributed by atoms with van der Waals surface area (Å²) in [6.45, 7) is 0.841. The molecule has 0 bridgehead atoms. The number of sulfonamides is 1. The van der Waals surface area contributed by atoms with Crippen LogP contribution in [0.3, 0.4) is 0 Å². The number of anilines is 1. The van der Waals surface area contributed by atoms with Gasteiger partial charge in [0.1, 0.15) is 5.75 Å². The summed E-state index contributed by atoms with van der Waals surface area (Å²) in [5, 5.41) is 0. The Hall–Kier alpha value is -2.05. The first kappa shape index (κ1) is 13.9. The van der Waals surface area contributed by atoms with E-state index in [4.69, 9.17) is 10.5 Å². The van der Waals surface area contributed by atoms with Crippen molar-refractivity contribution in [1.82, 2.24) is 4.72 Å². The van der Waals surface area contributed by atoms with E-state index >= 15 is 0 Å². The van der Waals surface area contributed by atoms with Crippen LogP contribution in [-0.4, -0.2) is 15.0 Å². The van der Waals surface area contributed by atoms with Crippen molar-refractivity contribution in [3.63, 3.8) is 0 Å². The molecular weight excluding hydrogens is 288 g/mol. The van der Waals surface area contributed by atoms with Gasteiger partial charge in [0.15, 0.2) is 0 Å². The zero-order valence-corrected chi connectivity index (χ0v) is 12.2. The first-order valence-corrected chi connectivity index (χ1v) is 8.13. The van der Waals surface area contributed by atoms with Gasteiger partial charge in [0.05, 0.1) is 11.5 Å². The number of hydrogen-bond donors (Lipinski definition) is 2. The lowest BCUT2D eigenvalue weighted by Crippen LogP contribution is -2.23. The average molecular weight is 304 g/mol. The normalized spacial score (nSPS) is 13.7. The Kier molecular flexibility index (Phi) is 3.57. The second-order valence-corrected chi connectivity index (χ2v) is 6.70. The van der Waals surface area contributed by atoms with Gasteiger partial charge in [0.25, 0.3) is 0 Å². The highest BCUT2D eigenvalue weighted by molar-refractivity contribution is 7.89. The minimum Gasteiger partial charge on any atom is -0.493 e. The van der Waals surface area contributed by atoms with Gasteiger partial charge in [-0.25, -0.2) is 13.1 Å². The van der Waals surface area contributed by atoms with Crippen molar-refractivity contribution in [2.75, 3.05) is 12.3 Å². The summed E-state index contributed by atoms with van der Waals surface area (Å²) in [6, 6.07) is 12.0. The lowest BCUT2D eigenvalue weighted by atomic mass is 10.2. The van der Waals surface area contributed by atoms with Crippen molar-refractivity contribution in [1.29, 1.82) is 0 Å². The van der Waals surface area contributed by atoms with Crippen molar-refractivity contribution >= 4 is 15.7 Å². The molecule has 3 N–H and O–H groups in total. The summed E-state index contributed by atoms with van der Waals surface area (Å²) in [5.41, 5.74) is 8.05. The number of nitrogen functional groups attached to an aromatic ring is 1. The Balaban J connectivity index is 1.76. The minimum absolute atomic E-state index is 0.232. The molecule has 5 nitrogen and oxygen atoms in total. The molecule has 6 heteroatoms. The summed E-state index contributed by atoms with van der Waals surface area (Å²) >= 11 is 0. The maximum Gasteiger partial charge on any atom is 0.240 e. The standard InChI is InChI=1S/C15H16N2O3S/c16-13-3-1-11(2-4-13)10-17-21(18,19)14-5-6-15-12(9-14)7-8-20-15/h1-6,9,17H,7-8,10,16H2. The second-order valence-electron chi connectivity index (χ2n) is 4.93. The van der Waals surface area contributed by atoms with Gasteiger partial charge in [-0.1, -0.05) is 12.1 Å². The average Bonchev–Trinajstić information content (AvgIpc) is 2.94. The van der Waals surface area contributed by atoms with Crippen molar-refractivity contribution in [3.8, 4) is 5.75 Å². The number of rotatable bonds is 4. The lowest BCUT2D eigenvalue weighted by molar-refractivity contribution is 0.356. The fourth-order valence-corrected chi connectivity index (χ4v) is 3.30. The van der Waals surface area contributed by atoms with Crippen LogP contribution >= 0.6 is 0 Å². The topological polar surface area (TPSA) is 81.4 Å². The van der Waals surface area contributed by atoms with Gasteiger partial charge in [-0.3, -0.25) is 0 Å². The van der Waals surface area contributed by atoms with E-state index < -0.39 is 10.0 Å². The van der Waals surface area contributed by atoms with Crippen LogP contribution in [0.15, 0.2) is 47.4 Å². The molecule has 0 fully saturated rings. The summed E-state index contributed by atoms with van der Waals surface area (Å²) in [6.07, 6.45) is 0.747. The number of nitrogens with two attached hydrogens (primary N) is 1. The molecule has 1 aliphatic heterocycles. The maximum absolute atomic E-state index is 12.3. The third-order valence-corrected chi connectivity index (χ3v) is 4.82. The molecule has 2 aromatic rings. The second kappa shape index (κ2) is 5.38. The van der Waals surface area contributed by atoms with Gasteiger partial charge < -0.3 is 10.5 Å². The highest BCUT2D eigenvalue weighted by Gasteiger charge is 2.18. The van der Waals surface area contributed by atoms with E-state index in [0.29, 0.717) is 12.3 Å². The van der Waals surface area contributed by atoms with Gasteiger partial charge in [0, 0.05) is 18.7 Å². The first-order valence-electron chi connectivity index (χ1n) is 6.64. The Labute approximate surface area is 123 Å². The molecule has 3 rings (SSSR count).